The van der Waals surface area contributed by atoms with Gasteiger partial charge < -0.3 is 21.5 Å². The number of amides is 3. The molecule has 174 valence electrons. The molecule has 0 aromatic heterocycles. The minimum atomic E-state index is -1.31. The van der Waals surface area contributed by atoms with Gasteiger partial charge in [-0.1, -0.05) is 42.1 Å². The number of halogens is 2. The zero-order valence-electron chi connectivity index (χ0n) is 17.8. The number of hydrazone groups is 1. The second kappa shape index (κ2) is 9.96. The maximum atomic E-state index is 14.6. The number of nitrogens with two attached hydrogens (primary N) is 2. The Balaban J connectivity index is 2.15. The fourth-order valence-corrected chi connectivity index (χ4v) is 4.45. The summed E-state index contributed by atoms with van der Waals surface area (Å²) in [5, 5.41) is 8.34. The Labute approximate surface area is 192 Å². The summed E-state index contributed by atoms with van der Waals surface area (Å²) < 4.78 is 33.7. The second-order valence-electron chi connectivity index (χ2n) is 7.00. The van der Waals surface area contributed by atoms with Crippen molar-refractivity contribution in [3.8, 4) is 0 Å². The zero-order chi connectivity index (χ0) is 24.2. The number of thioether (sulfide) groups is 1. The van der Waals surface area contributed by atoms with E-state index in [2.05, 4.69) is 15.4 Å². The average Bonchev–Trinajstić information content (AvgIpc) is 3.19. The standard InChI is InChI=1S/C21H22F2N6O3S/c1-12(32-2)18(30)29-21(13-6-4-3-5-7-13,11-26-19(24)27-20(25)31)33-17(28-29)15-10-14(22)8-9-16(15)23/h3-10,12H,11H2,1-2H3,(H5,24,25,26,27,31)/t12-,21?/m0/s1. The molecule has 9 nitrogen and oxygen atoms in total. The van der Waals surface area contributed by atoms with Crippen molar-refractivity contribution in [2.75, 3.05) is 13.7 Å². The van der Waals surface area contributed by atoms with Crippen molar-refractivity contribution in [2.24, 2.45) is 21.6 Å². The Morgan fingerprint density at radius 1 is 1.24 bits per heavy atom. The topological polar surface area (TPSA) is 135 Å². The minimum absolute atomic E-state index is 0.0692. The molecule has 2 atom stereocenters. The van der Waals surface area contributed by atoms with Gasteiger partial charge in [-0.25, -0.2) is 18.6 Å². The number of methoxy groups -OCH3 is 1. The Kier molecular flexibility index (Phi) is 7.29. The van der Waals surface area contributed by atoms with Gasteiger partial charge in [-0.3, -0.25) is 4.79 Å². The number of aliphatic imine (C=N–C) groups is 1. The van der Waals surface area contributed by atoms with E-state index in [4.69, 9.17) is 16.2 Å². The van der Waals surface area contributed by atoms with Gasteiger partial charge in [-0.2, -0.15) is 10.1 Å². The number of nitrogens with one attached hydrogen (secondary N) is 1. The molecule has 3 amide bonds. The molecule has 0 saturated heterocycles. The molecule has 1 aliphatic heterocycles. The first-order valence-electron chi connectivity index (χ1n) is 9.71. The molecule has 0 spiro atoms. The summed E-state index contributed by atoms with van der Waals surface area (Å²) in [7, 11) is 1.36. The maximum Gasteiger partial charge on any atom is 0.341 e. The van der Waals surface area contributed by atoms with Gasteiger partial charge in [0.1, 0.15) is 22.8 Å². The first-order valence-corrected chi connectivity index (χ1v) is 10.5. The molecule has 2 aromatic rings. The number of rotatable bonds is 6. The fraction of sp³-hybridized carbons (Fsp3) is 0.238. The Hall–Kier alpha value is -3.51. The highest BCUT2D eigenvalue weighted by Gasteiger charge is 2.50. The molecule has 0 radical (unpaired) electrons. The Bertz CT molecular complexity index is 1110. The fourth-order valence-electron chi connectivity index (χ4n) is 3.13. The summed E-state index contributed by atoms with van der Waals surface area (Å²) in [4.78, 5) is 26.5. The van der Waals surface area contributed by atoms with Crippen LogP contribution in [-0.4, -0.2) is 47.7 Å². The lowest BCUT2D eigenvalue weighted by atomic mass is 10.0. The van der Waals surface area contributed by atoms with Crippen molar-refractivity contribution in [3.05, 3.63) is 71.3 Å². The SMILES string of the molecule is CO[C@@H](C)C(=O)N1N=C(c2cc(F)ccc2F)SC1(CN/C(N)=N/C(N)=O)c1ccccc1. The van der Waals surface area contributed by atoms with Gasteiger partial charge in [0.05, 0.1) is 6.54 Å². The second-order valence-corrected chi connectivity index (χ2v) is 8.26. The predicted molar refractivity (Wildman–Crippen MR) is 121 cm³/mol. The summed E-state index contributed by atoms with van der Waals surface area (Å²) in [6.07, 6.45) is -0.897. The van der Waals surface area contributed by atoms with Crippen molar-refractivity contribution < 1.29 is 23.1 Å². The first-order chi connectivity index (χ1) is 15.7. The molecule has 1 heterocycles. The van der Waals surface area contributed by atoms with Crippen LogP contribution in [0, 0.1) is 11.6 Å². The van der Waals surface area contributed by atoms with Crippen molar-refractivity contribution in [1.29, 1.82) is 0 Å². The molecule has 5 N–H and O–H groups in total. The van der Waals surface area contributed by atoms with Crippen LogP contribution in [0.5, 0.6) is 0 Å². The number of primary amides is 1. The van der Waals surface area contributed by atoms with Gasteiger partial charge in [-0.05, 0) is 30.7 Å². The molecule has 1 aliphatic rings. The third kappa shape index (κ3) is 5.12. The van der Waals surface area contributed by atoms with Gasteiger partial charge in [0.25, 0.3) is 5.91 Å². The van der Waals surface area contributed by atoms with Crippen LogP contribution in [0.4, 0.5) is 13.6 Å². The number of nitrogens with zero attached hydrogens (tertiary/aromatic N) is 3. The van der Waals surface area contributed by atoms with E-state index >= 15 is 0 Å². The van der Waals surface area contributed by atoms with E-state index in [1.807, 2.05) is 0 Å². The molecule has 0 saturated carbocycles. The minimum Gasteiger partial charge on any atom is -0.372 e. The van der Waals surface area contributed by atoms with Gasteiger partial charge >= 0.3 is 6.03 Å². The lowest BCUT2D eigenvalue weighted by Crippen LogP contribution is -2.52. The smallest absolute Gasteiger partial charge is 0.341 e. The molecule has 33 heavy (non-hydrogen) atoms. The Morgan fingerprint density at radius 3 is 2.58 bits per heavy atom. The summed E-state index contributed by atoms with van der Waals surface area (Å²) in [6.45, 7) is 1.44. The maximum absolute atomic E-state index is 14.6. The van der Waals surface area contributed by atoms with Crippen LogP contribution in [0.3, 0.4) is 0 Å². The van der Waals surface area contributed by atoms with Crippen LogP contribution in [0.1, 0.15) is 18.1 Å². The van der Waals surface area contributed by atoms with Gasteiger partial charge in [0, 0.05) is 12.7 Å². The van der Waals surface area contributed by atoms with Crippen LogP contribution in [0.15, 0.2) is 58.6 Å². The summed E-state index contributed by atoms with van der Waals surface area (Å²) >= 11 is 1.02. The zero-order valence-corrected chi connectivity index (χ0v) is 18.6. The molecule has 3 rings (SSSR count). The largest absolute Gasteiger partial charge is 0.372 e. The number of guanidine groups is 1. The van der Waals surface area contributed by atoms with E-state index in [9.17, 15) is 18.4 Å². The highest BCUT2D eigenvalue weighted by atomic mass is 32.2. The van der Waals surface area contributed by atoms with Gasteiger partial charge in [-0.15, -0.1) is 0 Å². The van der Waals surface area contributed by atoms with Crippen molar-refractivity contribution in [3.63, 3.8) is 0 Å². The lowest BCUT2D eigenvalue weighted by Gasteiger charge is -2.36. The van der Waals surface area contributed by atoms with E-state index in [1.165, 1.54) is 14.0 Å². The average molecular weight is 477 g/mol. The summed E-state index contributed by atoms with van der Waals surface area (Å²) in [5.74, 6) is -2.18. The number of hydrogen-bond donors (Lipinski definition) is 3. The van der Waals surface area contributed by atoms with E-state index < -0.39 is 34.5 Å². The summed E-state index contributed by atoms with van der Waals surface area (Å²) in [5.41, 5.74) is 11.3. The van der Waals surface area contributed by atoms with Crippen LogP contribution in [0.25, 0.3) is 0 Å². The number of urea groups is 1. The molecule has 0 bridgehead atoms. The number of hydrogen-bond acceptors (Lipinski definition) is 5. The third-order valence-corrected chi connectivity index (χ3v) is 6.22. The highest BCUT2D eigenvalue weighted by Crippen LogP contribution is 2.47. The van der Waals surface area contributed by atoms with E-state index in [1.54, 1.807) is 30.3 Å². The Morgan fingerprint density at radius 2 is 1.94 bits per heavy atom. The molecule has 0 aliphatic carbocycles. The van der Waals surface area contributed by atoms with E-state index in [0.29, 0.717) is 5.56 Å². The van der Waals surface area contributed by atoms with Gasteiger partial charge in [0.15, 0.2) is 10.8 Å². The van der Waals surface area contributed by atoms with Gasteiger partial charge in [0.2, 0.25) is 0 Å². The third-order valence-electron chi connectivity index (χ3n) is 4.83. The van der Waals surface area contributed by atoms with Crippen molar-refractivity contribution >= 4 is 34.7 Å². The molecule has 1 unspecified atom stereocenters. The number of carbonyl (C=O) groups excluding carboxylic acids is 2. The summed E-state index contributed by atoms with van der Waals surface area (Å²) in [6, 6.07) is 10.7. The molecule has 12 heteroatoms. The molecular weight excluding hydrogens is 454 g/mol. The lowest BCUT2D eigenvalue weighted by molar-refractivity contribution is -0.144. The number of ether oxygens (including phenoxy) is 1. The first kappa shape index (κ1) is 24.1. The van der Waals surface area contributed by atoms with E-state index in [0.717, 1.165) is 35.0 Å². The monoisotopic (exact) mass is 476 g/mol. The quantitative estimate of drug-likeness (QED) is 0.432. The van der Waals surface area contributed by atoms with Crippen molar-refractivity contribution in [1.82, 2.24) is 10.3 Å². The normalized spacial score (nSPS) is 19.2. The van der Waals surface area contributed by atoms with Crippen LogP contribution in [-0.2, 0) is 14.4 Å². The van der Waals surface area contributed by atoms with Crippen molar-refractivity contribution in [2.45, 2.75) is 17.9 Å². The van der Waals surface area contributed by atoms with Crippen LogP contribution in [0.2, 0.25) is 0 Å². The van der Waals surface area contributed by atoms with E-state index in [-0.39, 0.29) is 23.1 Å². The predicted octanol–water partition coefficient (Wildman–Crippen LogP) is 2.07. The number of benzene rings is 2. The van der Waals surface area contributed by atoms with Crippen LogP contribution < -0.4 is 16.8 Å². The molecular formula is C21H22F2N6O3S. The van der Waals surface area contributed by atoms with Crippen LogP contribution >= 0.6 is 11.8 Å². The molecule has 2 aromatic carbocycles. The molecule has 0 fully saturated rings. The number of carbonyl (C=O) groups is 2. The highest BCUT2D eigenvalue weighted by molar-refractivity contribution is 8.15.